The van der Waals surface area contributed by atoms with Gasteiger partial charge in [-0.25, -0.2) is 0 Å². The van der Waals surface area contributed by atoms with Crippen molar-refractivity contribution in [3.63, 3.8) is 0 Å². The summed E-state index contributed by atoms with van der Waals surface area (Å²) in [5.74, 6) is -0.0247. The van der Waals surface area contributed by atoms with Crippen molar-refractivity contribution in [3.05, 3.63) is 89.4 Å². The number of anilines is 2. The molecular weight excluding hydrogens is 376 g/mol. The Kier molecular flexibility index (Phi) is 6.29. The van der Waals surface area contributed by atoms with E-state index in [0.29, 0.717) is 27.7 Å². The number of carbonyl (C=O) groups is 2. The molecule has 0 aliphatic heterocycles. The average molecular weight is 395 g/mol. The van der Waals surface area contributed by atoms with Gasteiger partial charge in [0, 0.05) is 11.3 Å². The van der Waals surface area contributed by atoms with Gasteiger partial charge in [-0.1, -0.05) is 48.0 Å². The van der Waals surface area contributed by atoms with Crippen LogP contribution in [0.4, 0.5) is 11.4 Å². The van der Waals surface area contributed by atoms with Gasteiger partial charge < -0.3 is 15.4 Å². The van der Waals surface area contributed by atoms with Gasteiger partial charge in [-0.05, 0) is 49.4 Å². The molecule has 0 radical (unpaired) electrons. The number of hydrogen-bond acceptors (Lipinski definition) is 3. The highest BCUT2D eigenvalue weighted by Gasteiger charge is 2.16. The molecule has 0 aliphatic carbocycles. The van der Waals surface area contributed by atoms with E-state index in [1.165, 1.54) is 0 Å². The number of amides is 2. The second-order valence-electron chi connectivity index (χ2n) is 6.08. The van der Waals surface area contributed by atoms with E-state index in [1.807, 2.05) is 18.2 Å². The fraction of sp³-hybridized carbons (Fsp3) is 0.0909. The van der Waals surface area contributed by atoms with Crippen LogP contribution in [0.2, 0.25) is 5.02 Å². The topological polar surface area (TPSA) is 67.4 Å². The Hall–Kier alpha value is -3.31. The summed E-state index contributed by atoms with van der Waals surface area (Å²) in [5, 5.41) is 5.97. The predicted octanol–water partition coefficient (Wildman–Crippen LogP) is 5.00. The van der Waals surface area contributed by atoms with E-state index in [-0.39, 0.29) is 11.8 Å². The first-order valence-corrected chi connectivity index (χ1v) is 9.09. The largest absolute Gasteiger partial charge is 0.481 e. The van der Waals surface area contributed by atoms with Crippen LogP contribution in [0, 0.1) is 0 Å². The standard InChI is InChI=1S/C22H19ClN2O3/c1-15(28-18-10-3-2-4-11-18)21(26)24-17-9-7-8-16(14-17)22(27)25-20-13-6-5-12-19(20)23/h2-15H,1H3,(H,24,26)(H,25,27)/t15-/m1/s1. The third-order valence-electron chi connectivity index (χ3n) is 3.94. The third-order valence-corrected chi connectivity index (χ3v) is 4.27. The molecule has 2 N–H and O–H groups in total. The molecule has 0 bridgehead atoms. The zero-order valence-corrected chi connectivity index (χ0v) is 15.9. The van der Waals surface area contributed by atoms with Crippen molar-refractivity contribution in [2.75, 3.05) is 10.6 Å². The van der Waals surface area contributed by atoms with Crippen LogP contribution >= 0.6 is 11.6 Å². The summed E-state index contributed by atoms with van der Waals surface area (Å²) in [5.41, 5.74) is 1.42. The first-order chi connectivity index (χ1) is 13.5. The summed E-state index contributed by atoms with van der Waals surface area (Å²) in [4.78, 5) is 24.9. The highest BCUT2D eigenvalue weighted by Crippen LogP contribution is 2.22. The molecule has 0 saturated heterocycles. The number of hydrogen-bond donors (Lipinski definition) is 2. The molecule has 28 heavy (non-hydrogen) atoms. The molecule has 0 aliphatic rings. The minimum Gasteiger partial charge on any atom is -0.481 e. The van der Waals surface area contributed by atoms with E-state index in [9.17, 15) is 9.59 Å². The Morgan fingerprint density at radius 2 is 1.61 bits per heavy atom. The van der Waals surface area contributed by atoms with Gasteiger partial charge >= 0.3 is 0 Å². The molecule has 3 aromatic carbocycles. The number of nitrogens with one attached hydrogen (secondary N) is 2. The molecule has 0 heterocycles. The van der Waals surface area contributed by atoms with E-state index in [0.717, 1.165) is 0 Å². The highest BCUT2D eigenvalue weighted by atomic mass is 35.5. The highest BCUT2D eigenvalue weighted by molar-refractivity contribution is 6.33. The molecule has 142 valence electrons. The van der Waals surface area contributed by atoms with Gasteiger partial charge in [0.1, 0.15) is 5.75 Å². The molecule has 0 fully saturated rings. The van der Waals surface area contributed by atoms with E-state index >= 15 is 0 Å². The molecule has 2 amide bonds. The van der Waals surface area contributed by atoms with Gasteiger partial charge in [0.2, 0.25) is 0 Å². The molecule has 0 unspecified atom stereocenters. The molecule has 3 aromatic rings. The van der Waals surface area contributed by atoms with Crippen LogP contribution in [-0.2, 0) is 4.79 Å². The number of benzene rings is 3. The Morgan fingerprint density at radius 3 is 2.36 bits per heavy atom. The first-order valence-electron chi connectivity index (χ1n) is 8.71. The summed E-state index contributed by atoms with van der Waals surface area (Å²) in [6.07, 6.45) is -0.692. The fourth-order valence-electron chi connectivity index (χ4n) is 2.50. The normalized spacial score (nSPS) is 11.4. The maximum absolute atomic E-state index is 12.5. The maximum Gasteiger partial charge on any atom is 0.265 e. The summed E-state index contributed by atoms with van der Waals surface area (Å²) in [6, 6.07) is 22.7. The van der Waals surface area contributed by atoms with Crippen molar-refractivity contribution in [1.29, 1.82) is 0 Å². The number of halogens is 1. The minimum absolute atomic E-state index is 0.312. The molecule has 0 spiro atoms. The smallest absolute Gasteiger partial charge is 0.265 e. The number of rotatable bonds is 6. The van der Waals surface area contributed by atoms with Gasteiger partial charge in [0.05, 0.1) is 10.7 Å². The van der Waals surface area contributed by atoms with Crippen LogP contribution in [0.3, 0.4) is 0 Å². The van der Waals surface area contributed by atoms with Crippen LogP contribution in [0.25, 0.3) is 0 Å². The van der Waals surface area contributed by atoms with Crippen molar-refractivity contribution < 1.29 is 14.3 Å². The third kappa shape index (κ3) is 5.11. The Morgan fingerprint density at radius 1 is 0.893 bits per heavy atom. The van der Waals surface area contributed by atoms with E-state index < -0.39 is 6.10 Å². The van der Waals surface area contributed by atoms with Crippen LogP contribution in [0.1, 0.15) is 17.3 Å². The number of carbonyl (C=O) groups excluding carboxylic acids is 2. The molecule has 5 nitrogen and oxygen atoms in total. The van der Waals surface area contributed by atoms with Gasteiger partial charge in [-0.3, -0.25) is 9.59 Å². The average Bonchev–Trinajstić information content (AvgIpc) is 2.70. The molecular formula is C22H19ClN2O3. The lowest BCUT2D eigenvalue weighted by molar-refractivity contribution is -0.122. The van der Waals surface area contributed by atoms with Crippen LogP contribution in [0.5, 0.6) is 5.75 Å². The van der Waals surface area contributed by atoms with E-state index in [2.05, 4.69) is 10.6 Å². The van der Waals surface area contributed by atoms with Gasteiger partial charge in [-0.2, -0.15) is 0 Å². The van der Waals surface area contributed by atoms with Crippen molar-refractivity contribution in [3.8, 4) is 5.75 Å². The van der Waals surface area contributed by atoms with Crippen LogP contribution < -0.4 is 15.4 Å². The first kappa shape index (κ1) is 19.5. The van der Waals surface area contributed by atoms with Crippen molar-refractivity contribution in [1.82, 2.24) is 0 Å². The van der Waals surface area contributed by atoms with Crippen molar-refractivity contribution in [2.45, 2.75) is 13.0 Å². The second-order valence-corrected chi connectivity index (χ2v) is 6.48. The van der Waals surface area contributed by atoms with Crippen molar-refractivity contribution >= 4 is 34.8 Å². The predicted molar refractivity (Wildman–Crippen MR) is 111 cm³/mol. The lowest BCUT2D eigenvalue weighted by Crippen LogP contribution is -2.30. The zero-order valence-electron chi connectivity index (χ0n) is 15.2. The minimum atomic E-state index is -0.692. The molecule has 0 aromatic heterocycles. The molecule has 1 atom stereocenters. The SMILES string of the molecule is C[C@@H](Oc1ccccc1)C(=O)Nc1cccc(C(=O)Nc2ccccc2Cl)c1. The zero-order chi connectivity index (χ0) is 19.9. The number of ether oxygens (including phenoxy) is 1. The quantitative estimate of drug-likeness (QED) is 0.618. The Labute approximate surface area is 168 Å². The van der Waals surface area contributed by atoms with Gasteiger partial charge in [-0.15, -0.1) is 0 Å². The molecule has 3 rings (SSSR count). The lowest BCUT2D eigenvalue weighted by atomic mass is 10.1. The lowest BCUT2D eigenvalue weighted by Gasteiger charge is -2.15. The fourth-order valence-corrected chi connectivity index (χ4v) is 2.68. The number of para-hydroxylation sites is 2. The summed E-state index contributed by atoms with van der Waals surface area (Å²) in [7, 11) is 0. The summed E-state index contributed by atoms with van der Waals surface area (Å²) in [6.45, 7) is 1.66. The maximum atomic E-state index is 12.5. The monoisotopic (exact) mass is 394 g/mol. The van der Waals surface area contributed by atoms with Crippen LogP contribution in [0.15, 0.2) is 78.9 Å². The van der Waals surface area contributed by atoms with Gasteiger partial charge in [0.15, 0.2) is 6.10 Å². The molecule has 6 heteroatoms. The molecule has 0 saturated carbocycles. The Balaban J connectivity index is 1.65. The Bertz CT molecular complexity index is 976. The van der Waals surface area contributed by atoms with Crippen molar-refractivity contribution in [2.24, 2.45) is 0 Å². The van der Waals surface area contributed by atoms with E-state index in [1.54, 1.807) is 67.6 Å². The second kappa shape index (κ2) is 9.06. The summed E-state index contributed by atoms with van der Waals surface area (Å²) < 4.78 is 5.61. The summed E-state index contributed by atoms with van der Waals surface area (Å²) >= 11 is 6.07. The van der Waals surface area contributed by atoms with E-state index in [4.69, 9.17) is 16.3 Å². The van der Waals surface area contributed by atoms with Crippen LogP contribution in [-0.4, -0.2) is 17.9 Å². The van der Waals surface area contributed by atoms with Gasteiger partial charge in [0.25, 0.3) is 11.8 Å².